The molecule has 2 aliphatic heterocycles. The van der Waals surface area contributed by atoms with Crippen molar-refractivity contribution in [2.75, 3.05) is 37.7 Å². The van der Waals surface area contributed by atoms with Crippen molar-refractivity contribution in [2.24, 2.45) is 11.3 Å². The molecule has 6 nitrogen and oxygen atoms in total. The molecular formula is C20H26ClFN4O2. The van der Waals surface area contributed by atoms with E-state index in [0.717, 1.165) is 39.0 Å². The van der Waals surface area contributed by atoms with Crippen molar-refractivity contribution in [1.82, 2.24) is 15.3 Å². The van der Waals surface area contributed by atoms with Crippen molar-refractivity contribution < 1.29 is 9.13 Å². The fourth-order valence-corrected chi connectivity index (χ4v) is 4.33. The summed E-state index contributed by atoms with van der Waals surface area (Å²) in [7, 11) is 0. The van der Waals surface area contributed by atoms with Crippen LogP contribution in [0.5, 0.6) is 5.75 Å². The summed E-state index contributed by atoms with van der Waals surface area (Å²) in [6, 6.07) is 2.98. The molecular weight excluding hydrogens is 383 g/mol. The quantitative estimate of drug-likeness (QED) is 0.814. The molecule has 1 aromatic heterocycles. The number of piperidine rings is 1. The summed E-state index contributed by atoms with van der Waals surface area (Å²) in [5.74, 6) is 0.989. The minimum atomic E-state index is -0.576. The van der Waals surface area contributed by atoms with Crippen molar-refractivity contribution >= 4 is 29.3 Å². The van der Waals surface area contributed by atoms with Gasteiger partial charge in [0, 0.05) is 31.8 Å². The lowest BCUT2D eigenvalue weighted by Gasteiger charge is -2.39. The minimum Gasteiger partial charge on any atom is -0.493 e. The molecule has 1 saturated carbocycles. The van der Waals surface area contributed by atoms with E-state index in [1.807, 2.05) is 0 Å². The second-order valence-electron chi connectivity index (χ2n) is 8.36. The van der Waals surface area contributed by atoms with Gasteiger partial charge in [-0.15, -0.1) is 12.4 Å². The number of aromatic nitrogens is 2. The average molecular weight is 409 g/mol. The van der Waals surface area contributed by atoms with E-state index < -0.39 is 11.4 Å². The number of aromatic amines is 1. The van der Waals surface area contributed by atoms with Crippen LogP contribution in [0.1, 0.15) is 32.1 Å². The maximum Gasteiger partial charge on any atom is 0.263 e. The van der Waals surface area contributed by atoms with Gasteiger partial charge in [0.1, 0.15) is 17.0 Å². The van der Waals surface area contributed by atoms with Crippen molar-refractivity contribution in [3.05, 3.63) is 28.3 Å². The average Bonchev–Trinajstić information content (AvgIpc) is 3.39. The van der Waals surface area contributed by atoms with Crippen LogP contribution in [0.3, 0.4) is 0 Å². The number of rotatable bonds is 4. The molecule has 0 atom stereocenters. The first kappa shape index (κ1) is 19.5. The highest BCUT2D eigenvalue weighted by Gasteiger charge is 2.37. The Morgan fingerprint density at radius 3 is 2.71 bits per heavy atom. The first-order valence-electron chi connectivity index (χ1n) is 9.94. The van der Waals surface area contributed by atoms with Crippen LogP contribution in [0.4, 0.5) is 10.3 Å². The lowest BCUT2D eigenvalue weighted by atomic mass is 9.78. The second kappa shape index (κ2) is 7.52. The number of nitrogens with one attached hydrogen (secondary N) is 2. The summed E-state index contributed by atoms with van der Waals surface area (Å²) in [6.07, 6.45) is 5.73. The molecule has 0 bridgehead atoms. The Bertz CT molecular complexity index is 914. The molecule has 0 radical (unpaired) electrons. The van der Waals surface area contributed by atoms with Gasteiger partial charge < -0.3 is 15.0 Å². The second-order valence-corrected chi connectivity index (χ2v) is 8.36. The van der Waals surface area contributed by atoms with Crippen molar-refractivity contribution in [3.8, 4) is 5.75 Å². The number of fused-ring (bicyclic) bond motifs is 1. The number of anilines is 1. The van der Waals surface area contributed by atoms with Crippen LogP contribution in [-0.4, -0.2) is 42.8 Å². The highest BCUT2D eigenvalue weighted by molar-refractivity contribution is 5.85. The predicted octanol–water partition coefficient (Wildman–Crippen LogP) is 2.85. The van der Waals surface area contributed by atoms with Gasteiger partial charge in [-0.3, -0.25) is 9.78 Å². The standard InChI is InChI=1S/C20H25FN4O2.ClH/c21-15-9-14(27-11-13-1-2-13)10-16-17(15)18(26)24-19(23-16)25-7-4-20(5-8-25)3-6-22-12-20;/h9-10,13,22H,1-8,11-12H2,(H,23,24,26);1H. The van der Waals surface area contributed by atoms with Crippen LogP contribution in [0.25, 0.3) is 10.9 Å². The summed E-state index contributed by atoms with van der Waals surface area (Å²) >= 11 is 0. The fourth-order valence-electron chi connectivity index (χ4n) is 4.33. The number of nitrogens with zero attached hydrogens (tertiary/aromatic N) is 2. The smallest absolute Gasteiger partial charge is 0.263 e. The Labute approximate surface area is 169 Å². The van der Waals surface area contributed by atoms with Crippen LogP contribution in [-0.2, 0) is 0 Å². The third-order valence-electron chi connectivity index (χ3n) is 6.36. The Kier molecular flexibility index (Phi) is 5.22. The minimum absolute atomic E-state index is 0. The van der Waals surface area contributed by atoms with Gasteiger partial charge >= 0.3 is 0 Å². The molecule has 2 saturated heterocycles. The highest BCUT2D eigenvalue weighted by atomic mass is 35.5. The van der Waals surface area contributed by atoms with Gasteiger partial charge in [0.15, 0.2) is 0 Å². The Hall–Kier alpha value is -1.86. The number of benzene rings is 1. The van der Waals surface area contributed by atoms with Crippen molar-refractivity contribution in [1.29, 1.82) is 0 Å². The number of hydrogen-bond donors (Lipinski definition) is 2. The molecule has 3 heterocycles. The van der Waals surface area contributed by atoms with E-state index >= 15 is 0 Å². The van der Waals surface area contributed by atoms with Crippen LogP contribution in [0.15, 0.2) is 16.9 Å². The molecule has 28 heavy (non-hydrogen) atoms. The number of hydrogen-bond acceptors (Lipinski definition) is 5. The molecule has 1 spiro atoms. The van der Waals surface area contributed by atoms with Crippen LogP contribution in [0, 0.1) is 17.2 Å². The number of ether oxygens (including phenoxy) is 1. The molecule has 0 unspecified atom stereocenters. The molecule has 152 valence electrons. The predicted molar refractivity (Wildman–Crippen MR) is 109 cm³/mol. The van der Waals surface area contributed by atoms with E-state index in [9.17, 15) is 9.18 Å². The largest absolute Gasteiger partial charge is 0.493 e. The van der Waals surface area contributed by atoms with E-state index in [0.29, 0.717) is 35.2 Å². The van der Waals surface area contributed by atoms with Gasteiger partial charge in [0.2, 0.25) is 5.95 Å². The third kappa shape index (κ3) is 3.70. The van der Waals surface area contributed by atoms with E-state index in [4.69, 9.17) is 4.74 Å². The number of H-pyrrole nitrogens is 1. The zero-order valence-corrected chi connectivity index (χ0v) is 16.6. The Morgan fingerprint density at radius 2 is 2.04 bits per heavy atom. The van der Waals surface area contributed by atoms with E-state index in [-0.39, 0.29) is 17.8 Å². The summed E-state index contributed by atoms with van der Waals surface area (Å²) in [6.45, 7) is 4.49. The summed E-state index contributed by atoms with van der Waals surface area (Å²) in [4.78, 5) is 22.0. The first-order valence-corrected chi connectivity index (χ1v) is 9.94. The SMILES string of the molecule is Cl.O=c1[nH]c(N2CCC3(CCNC3)CC2)nc2cc(OCC3CC3)cc(F)c12. The van der Waals surface area contributed by atoms with Gasteiger partial charge in [0.25, 0.3) is 5.56 Å². The number of halogens is 2. The molecule has 2 aromatic rings. The molecule has 8 heteroatoms. The molecule has 1 aromatic carbocycles. The fraction of sp³-hybridized carbons (Fsp3) is 0.600. The van der Waals surface area contributed by atoms with Crippen LogP contribution in [0.2, 0.25) is 0 Å². The summed E-state index contributed by atoms with van der Waals surface area (Å²) in [5.41, 5.74) is 0.329. The lowest BCUT2D eigenvalue weighted by molar-refractivity contribution is 0.246. The van der Waals surface area contributed by atoms with Gasteiger partial charge in [-0.2, -0.15) is 0 Å². The lowest BCUT2D eigenvalue weighted by Crippen LogP contribution is -2.42. The zero-order valence-electron chi connectivity index (χ0n) is 15.8. The van der Waals surface area contributed by atoms with Crippen molar-refractivity contribution in [3.63, 3.8) is 0 Å². The molecule has 0 amide bonds. The Morgan fingerprint density at radius 1 is 1.25 bits per heavy atom. The zero-order chi connectivity index (χ0) is 18.4. The van der Waals surface area contributed by atoms with E-state index in [2.05, 4.69) is 20.2 Å². The molecule has 2 N–H and O–H groups in total. The van der Waals surface area contributed by atoms with E-state index in [1.165, 1.54) is 25.3 Å². The maximum atomic E-state index is 14.5. The van der Waals surface area contributed by atoms with Crippen LogP contribution < -0.4 is 20.5 Å². The molecule has 3 aliphatic rings. The van der Waals surface area contributed by atoms with Gasteiger partial charge in [-0.25, -0.2) is 9.37 Å². The summed E-state index contributed by atoms with van der Waals surface area (Å²) in [5, 5.41) is 3.47. The molecule has 5 rings (SSSR count). The topological polar surface area (TPSA) is 70.2 Å². The van der Waals surface area contributed by atoms with E-state index in [1.54, 1.807) is 6.07 Å². The van der Waals surface area contributed by atoms with Gasteiger partial charge in [0.05, 0.1) is 12.1 Å². The maximum absolute atomic E-state index is 14.5. The van der Waals surface area contributed by atoms with Crippen molar-refractivity contribution in [2.45, 2.75) is 32.1 Å². The third-order valence-corrected chi connectivity index (χ3v) is 6.36. The van der Waals surface area contributed by atoms with Crippen LogP contribution >= 0.6 is 12.4 Å². The Balaban J connectivity index is 0.00000192. The molecule has 3 fully saturated rings. The summed E-state index contributed by atoms with van der Waals surface area (Å²) < 4.78 is 20.2. The normalized spacial score (nSPS) is 21.1. The highest BCUT2D eigenvalue weighted by Crippen LogP contribution is 2.37. The molecule has 1 aliphatic carbocycles. The van der Waals surface area contributed by atoms with Gasteiger partial charge in [-0.1, -0.05) is 0 Å². The first-order chi connectivity index (χ1) is 13.1. The van der Waals surface area contributed by atoms with Gasteiger partial charge in [-0.05, 0) is 50.0 Å². The monoisotopic (exact) mass is 408 g/mol.